The molecule has 0 heterocycles. The molecular formula is C19H22ClN3O3. The molecule has 138 valence electrons. The molecule has 7 heteroatoms. The van der Waals surface area contributed by atoms with E-state index < -0.39 is 5.97 Å². The number of amides is 1. The van der Waals surface area contributed by atoms with Crippen molar-refractivity contribution in [1.82, 2.24) is 5.32 Å². The van der Waals surface area contributed by atoms with Crippen LogP contribution in [0.4, 0.5) is 11.4 Å². The highest BCUT2D eigenvalue weighted by atomic mass is 35.5. The fraction of sp³-hybridized carbons (Fsp3) is 0.263. The predicted octanol–water partition coefficient (Wildman–Crippen LogP) is 2.72. The van der Waals surface area contributed by atoms with Gasteiger partial charge < -0.3 is 20.7 Å². The van der Waals surface area contributed by atoms with E-state index in [0.29, 0.717) is 11.6 Å². The molecule has 2 aromatic carbocycles. The molecular weight excluding hydrogens is 354 g/mol. The van der Waals surface area contributed by atoms with Gasteiger partial charge in [-0.15, -0.1) is 0 Å². The monoisotopic (exact) mass is 375 g/mol. The lowest BCUT2D eigenvalue weighted by atomic mass is 10.2. The summed E-state index contributed by atoms with van der Waals surface area (Å²) in [5.41, 5.74) is 7.30. The average molecular weight is 376 g/mol. The lowest BCUT2D eigenvalue weighted by Crippen LogP contribution is -2.31. The van der Waals surface area contributed by atoms with Crippen LogP contribution in [-0.4, -0.2) is 38.6 Å². The first-order valence-electron chi connectivity index (χ1n) is 8.22. The van der Waals surface area contributed by atoms with Gasteiger partial charge in [0.2, 0.25) is 0 Å². The minimum atomic E-state index is -0.618. The number of ether oxygens (including phenoxy) is 1. The van der Waals surface area contributed by atoms with Gasteiger partial charge >= 0.3 is 5.97 Å². The number of nitrogen functional groups attached to an aromatic ring is 1. The molecule has 0 saturated heterocycles. The molecule has 1 amide bonds. The van der Waals surface area contributed by atoms with E-state index in [4.69, 9.17) is 22.1 Å². The van der Waals surface area contributed by atoms with Crippen LogP contribution in [0.15, 0.2) is 48.5 Å². The number of carbonyl (C=O) groups is 2. The van der Waals surface area contributed by atoms with Crippen molar-refractivity contribution < 1.29 is 14.3 Å². The van der Waals surface area contributed by atoms with E-state index in [9.17, 15) is 9.59 Å². The van der Waals surface area contributed by atoms with E-state index in [1.807, 2.05) is 37.4 Å². The van der Waals surface area contributed by atoms with Gasteiger partial charge in [0.25, 0.3) is 5.91 Å². The number of hydrogen-bond acceptors (Lipinski definition) is 5. The fourth-order valence-electron chi connectivity index (χ4n) is 2.29. The van der Waals surface area contributed by atoms with E-state index in [2.05, 4.69) is 10.2 Å². The van der Waals surface area contributed by atoms with E-state index in [0.717, 1.165) is 18.7 Å². The number of nitrogens with two attached hydrogens (primary N) is 1. The summed E-state index contributed by atoms with van der Waals surface area (Å²) in [5, 5.41) is 3.09. The topological polar surface area (TPSA) is 84.7 Å². The summed E-state index contributed by atoms with van der Waals surface area (Å²) in [5.74, 6) is -0.963. The van der Waals surface area contributed by atoms with Gasteiger partial charge in [-0.05, 0) is 36.8 Å². The largest absolute Gasteiger partial charge is 0.452 e. The normalized spacial score (nSPS) is 10.2. The second kappa shape index (κ2) is 9.68. The van der Waals surface area contributed by atoms with Crippen molar-refractivity contribution in [3.05, 3.63) is 59.1 Å². The summed E-state index contributed by atoms with van der Waals surface area (Å²) in [4.78, 5) is 25.8. The maximum Gasteiger partial charge on any atom is 0.338 e. The number of hydrogen-bond donors (Lipinski definition) is 2. The van der Waals surface area contributed by atoms with Crippen LogP contribution < -0.4 is 16.0 Å². The second-order valence-corrected chi connectivity index (χ2v) is 6.18. The standard InChI is InChI=1S/C19H22ClN3O3/c1-23(15-6-3-2-4-7-15)11-5-10-22-18(24)13-26-19(25)14-8-9-16(20)17(21)12-14/h2-4,6-9,12H,5,10-11,13,21H2,1H3,(H,22,24). The molecule has 2 rings (SSSR count). The number of halogens is 1. The predicted molar refractivity (Wildman–Crippen MR) is 103 cm³/mol. The van der Waals surface area contributed by atoms with Crippen LogP contribution in [-0.2, 0) is 9.53 Å². The molecule has 0 aliphatic rings. The van der Waals surface area contributed by atoms with Gasteiger partial charge in [-0.2, -0.15) is 0 Å². The molecule has 0 aromatic heterocycles. The van der Waals surface area contributed by atoms with Crippen LogP contribution in [0.2, 0.25) is 5.02 Å². The first kappa shape index (κ1) is 19.6. The Morgan fingerprint density at radius 1 is 1.19 bits per heavy atom. The van der Waals surface area contributed by atoms with Crippen LogP contribution in [0.1, 0.15) is 16.8 Å². The van der Waals surface area contributed by atoms with E-state index in [-0.39, 0.29) is 23.8 Å². The number of rotatable bonds is 8. The van der Waals surface area contributed by atoms with Crippen molar-refractivity contribution >= 4 is 34.9 Å². The molecule has 0 unspecified atom stereocenters. The molecule has 0 aliphatic carbocycles. The Hall–Kier alpha value is -2.73. The summed E-state index contributed by atoms with van der Waals surface area (Å²) in [6.45, 7) is 0.964. The molecule has 0 spiro atoms. The Balaban J connectivity index is 1.65. The highest BCUT2D eigenvalue weighted by Crippen LogP contribution is 2.19. The number of nitrogens with one attached hydrogen (secondary N) is 1. The molecule has 0 fully saturated rings. The van der Waals surface area contributed by atoms with Crippen molar-refractivity contribution in [3.8, 4) is 0 Å². The first-order valence-corrected chi connectivity index (χ1v) is 8.60. The third-order valence-corrected chi connectivity index (χ3v) is 4.10. The van der Waals surface area contributed by atoms with Gasteiger partial charge in [0, 0.05) is 25.8 Å². The van der Waals surface area contributed by atoms with Gasteiger partial charge in [0.1, 0.15) is 0 Å². The zero-order valence-corrected chi connectivity index (χ0v) is 15.3. The molecule has 0 aliphatic heterocycles. The number of carbonyl (C=O) groups excluding carboxylic acids is 2. The Morgan fingerprint density at radius 2 is 1.92 bits per heavy atom. The number of benzene rings is 2. The zero-order valence-electron chi connectivity index (χ0n) is 14.6. The summed E-state index contributed by atoms with van der Waals surface area (Å²) in [6.07, 6.45) is 0.777. The van der Waals surface area contributed by atoms with Crippen molar-refractivity contribution in [3.63, 3.8) is 0 Å². The maximum atomic E-state index is 11.9. The first-order chi connectivity index (χ1) is 12.5. The molecule has 0 atom stereocenters. The number of anilines is 2. The molecule has 26 heavy (non-hydrogen) atoms. The minimum Gasteiger partial charge on any atom is -0.452 e. The number of nitrogens with zero attached hydrogens (tertiary/aromatic N) is 1. The van der Waals surface area contributed by atoms with Crippen molar-refractivity contribution in [2.75, 3.05) is 37.4 Å². The van der Waals surface area contributed by atoms with Gasteiger partial charge in [-0.25, -0.2) is 4.79 Å². The second-order valence-electron chi connectivity index (χ2n) is 5.77. The Morgan fingerprint density at radius 3 is 2.62 bits per heavy atom. The SMILES string of the molecule is CN(CCCNC(=O)COC(=O)c1ccc(Cl)c(N)c1)c1ccccc1. The van der Waals surface area contributed by atoms with Gasteiger partial charge in [0.05, 0.1) is 16.3 Å². The number of esters is 1. The lowest BCUT2D eigenvalue weighted by molar-refractivity contribution is -0.124. The fourth-order valence-corrected chi connectivity index (χ4v) is 2.41. The van der Waals surface area contributed by atoms with Crippen LogP contribution in [0.5, 0.6) is 0 Å². The number of para-hydroxylation sites is 1. The zero-order chi connectivity index (χ0) is 18.9. The lowest BCUT2D eigenvalue weighted by Gasteiger charge is -2.19. The quantitative estimate of drug-likeness (QED) is 0.421. The molecule has 6 nitrogen and oxygen atoms in total. The maximum absolute atomic E-state index is 11.9. The van der Waals surface area contributed by atoms with E-state index >= 15 is 0 Å². The Kier molecular flexibility index (Phi) is 7.29. The van der Waals surface area contributed by atoms with Crippen molar-refractivity contribution in [2.24, 2.45) is 0 Å². The Labute approximate surface area is 157 Å². The van der Waals surface area contributed by atoms with Crippen LogP contribution >= 0.6 is 11.6 Å². The average Bonchev–Trinajstić information content (AvgIpc) is 2.66. The molecule has 3 N–H and O–H groups in total. The third-order valence-electron chi connectivity index (χ3n) is 3.76. The minimum absolute atomic E-state index is 0.254. The molecule has 0 bridgehead atoms. The summed E-state index contributed by atoms with van der Waals surface area (Å²) >= 11 is 5.80. The van der Waals surface area contributed by atoms with E-state index in [1.54, 1.807) is 0 Å². The molecule has 0 radical (unpaired) electrons. The van der Waals surface area contributed by atoms with Crippen LogP contribution in [0.3, 0.4) is 0 Å². The molecule has 2 aromatic rings. The van der Waals surface area contributed by atoms with Gasteiger partial charge in [0.15, 0.2) is 6.61 Å². The Bertz CT molecular complexity index is 753. The van der Waals surface area contributed by atoms with Gasteiger partial charge in [-0.1, -0.05) is 29.8 Å². The van der Waals surface area contributed by atoms with Crippen molar-refractivity contribution in [1.29, 1.82) is 0 Å². The molecule has 0 saturated carbocycles. The summed E-state index contributed by atoms with van der Waals surface area (Å²) in [6, 6.07) is 14.4. The highest BCUT2D eigenvalue weighted by molar-refractivity contribution is 6.33. The van der Waals surface area contributed by atoms with E-state index in [1.165, 1.54) is 18.2 Å². The highest BCUT2D eigenvalue weighted by Gasteiger charge is 2.11. The van der Waals surface area contributed by atoms with Gasteiger partial charge in [-0.3, -0.25) is 4.79 Å². The summed E-state index contributed by atoms with van der Waals surface area (Å²) in [7, 11) is 2.00. The third kappa shape index (κ3) is 5.97. The smallest absolute Gasteiger partial charge is 0.338 e. The van der Waals surface area contributed by atoms with Crippen LogP contribution in [0.25, 0.3) is 0 Å². The summed E-state index contributed by atoms with van der Waals surface area (Å²) < 4.78 is 4.97. The van der Waals surface area contributed by atoms with Crippen molar-refractivity contribution in [2.45, 2.75) is 6.42 Å². The van der Waals surface area contributed by atoms with Crippen LogP contribution in [0, 0.1) is 0 Å².